The number of pyridine rings is 1. The Morgan fingerprint density at radius 2 is 1.98 bits per heavy atom. The lowest BCUT2D eigenvalue weighted by molar-refractivity contribution is -0.136. The number of amides is 1. The van der Waals surface area contributed by atoms with Crippen molar-refractivity contribution in [3.8, 4) is 28.8 Å². The van der Waals surface area contributed by atoms with Gasteiger partial charge in [-0.05, 0) is 78.4 Å². The maximum Gasteiger partial charge on any atom is 0.237 e. The summed E-state index contributed by atoms with van der Waals surface area (Å²) in [4.78, 5) is 22.2. The molecule has 3 aromatic carbocycles. The van der Waals surface area contributed by atoms with Crippen molar-refractivity contribution < 1.29 is 19.0 Å². The van der Waals surface area contributed by atoms with Crippen molar-refractivity contribution in [1.29, 1.82) is 5.26 Å². The third-order valence-electron chi connectivity index (χ3n) is 10.6. The predicted octanol–water partition coefficient (Wildman–Crippen LogP) is 5.91. The van der Waals surface area contributed by atoms with Crippen LogP contribution in [0.2, 0.25) is 0 Å². The van der Waals surface area contributed by atoms with Gasteiger partial charge in [0.15, 0.2) is 5.82 Å². The van der Waals surface area contributed by atoms with Crippen molar-refractivity contribution in [1.82, 2.24) is 24.7 Å². The first-order valence-electron chi connectivity index (χ1n) is 17.0. The number of benzene rings is 3. The summed E-state index contributed by atoms with van der Waals surface area (Å²) in [5.74, 6) is 0.423. The number of nitriles is 1. The second-order valence-electron chi connectivity index (χ2n) is 13.3. The number of rotatable bonds is 9. The Morgan fingerprint density at radius 3 is 2.71 bits per heavy atom. The van der Waals surface area contributed by atoms with E-state index in [9.17, 15) is 15.2 Å². The molecular weight excluding hydrogens is 607 g/mol. The van der Waals surface area contributed by atoms with Gasteiger partial charge in [-0.2, -0.15) is 5.26 Å². The number of ether oxygens (including phenoxy) is 1. The quantitative estimate of drug-likeness (QED) is 0.205. The lowest BCUT2D eigenvalue weighted by atomic mass is 9.79. The van der Waals surface area contributed by atoms with Gasteiger partial charge in [-0.3, -0.25) is 9.69 Å². The van der Waals surface area contributed by atoms with Gasteiger partial charge in [0.1, 0.15) is 11.3 Å². The lowest BCUT2D eigenvalue weighted by Gasteiger charge is -2.39. The first-order chi connectivity index (χ1) is 23.4. The number of nitrogens with zero attached hydrogens (tertiary/aromatic N) is 5. The highest BCUT2D eigenvalue weighted by Crippen LogP contribution is 2.49. The minimum absolute atomic E-state index is 0.0358. The fourth-order valence-corrected chi connectivity index (χ4v) is 8.28. The average Bonchev–Trinajstić information content (AvgIpc) is 3.82. The number of phenols is 1. The number of nitrogens with one attached hydrogen (secondary N) is 1. The summed E-state index contributed by atoms with van der Waals surface area (Å²) in [5.41, 5.74) is 3.60. The molecule has 5 aromatic rings. The van der Waals surface area contributed by atoms with Crippen LogP contribution in [0.15, 0.2) is 48.5 Å². The summed E-state index contributed by atoms with van der Waals surface area (Å²) < 4.78 is 25.9. The molecule has 5 heterocycles. The van der Waals surface area contributed by atoms with Crippen LogP contribution in [-0.4, -0.2) is 75.7 Å². The van der Waals surface area contributed by atoms with Gasteiger partial charge < -0.3 is 24.6 Å². The van der Waals surface area contributed by atoms with Crippen molar-refractivity contribution in [3.63, 3.8) is 0 Å². The van der Waals surface area contributed by atoms with Gasteiger partial charge in [-0.1, -0.05) is 31.2 Å². The van der Waals surface area contributed by atoms with Crippen molar-refractivity contribution in [3.05, 3.63) is 65.6 Å². The molecule has 2 N–H and O–H groups in total. The van der Waals surface area contributed by atoms with Crippen molar-refractivity contribution in [2.45, 2.75) is 51.7 Å². The number of phenolic OH excluding ortho intramolecular Hbond substituents is 1. The van der Waals surface area contributed by atoms with Gasteiger partial charge in [0.2, 0.25) is 11.8 Å². The van der Waals surface area contributed by atoms with Crippen LogP contribution in [0.25, 0.3) is 43.7 Å². The smallest absolute Gasteiger partial charge is 0.237 e. The summed E-state index contributed by atoms with van der Waals surface area (Å²) in [5, 5.41) is 27.0. The molecule has 1 amide bonds. The number of piperazine rings is 1. The van der Waals surface area contributed by atoms with Gasteiger partial charge in [0.05, 0.1) is 42.7 Å². The Bertz CT molecular complexity index is 2120. The zero-order valence-electron chi connectivity index (χ0n) is 27.3. The predicted molar refractivity (Wildman–Crippen MR) is 183 cm³/mol. The summed E-state index contributed by atoms with van der Waals surface area (Å²) in [7, 11) is 0. The van der Waals surface area contributed by atoms with Crippen molar-refractivity contribution >= 4 is 38.5 Å². The van der Waals surface area contributed by atoms with Gasteiger partial charge >= 0.3 is 0 Å². The minimum Gasteiger partial charge on any atom is -0.508 e. The van der Waals surface area contributed by atoms with Crippen LogP contribution in [-0.2, 0) is 17.8 Å². The molecule has 0 radical (unpaired) electrons. The van der Waals surface area contributed by atoms with Gasteiger partial charge in [-0.25, -0.2) is 9.37 Å². The molecule has 3 aliphatic heterocycles. The highest BCUT2D eigenvalue weighted by Gasteiger charge is 2.49. The van der Waals surface area contributed by atoms with E-state index in [1.54, 1.807) is 12.1 Å². The molecule has 0 unspecified atom stereocenters. The van der Waals surface area contributed by atoms with E-state index < -0.39 is 5.82 Å². The summed E-state index contributed by atoms with van der Waals surface area (Å²) in [6, 6.07) is 17.6. The van der Waals surface area contributed by atoms with Gasteiger partial charge in [0, 0.05) is 48.7 Å². The molecule has 0 spiro atoms. The summed E-state index contributed by atoms with van der Waals surface area (Å²) in [6.07, 6.45) is 1.62. The van der Waals surface area contributed by atoms with Gasteiger partial charge in [0.25, 0.3) is 0 Å². The molecule has 9 rings (SSSR count). The van der Waals surface area contributed by atoms with Crippen LogP contribution in [0.3, 0.4) is 0 Å². The molecule has 10 heteroatoms. The fourth-order valence-electron chi connectivity index (χ4n) is 8.28. The zero-order valence-corrected chi connectivity index (χ0v) is 27.3. The lowest BCUT2D eigenvalue weighted by Crippen LogP contribution is -2.50. The number of halogens is 1. The summed E-state index contributed by atoms with van der Waals surface area (Å²) in [6.45, 7) is 8.41. The maximum absolute atomic E-state index is 17.4. The first kappa shape index (κ1) is 30.6. The number of fused-ring (bicyclic) bond motifs is 5. The molecule has 246 valence electrons. The molecule has 3 saturated heterocycles. The fraction of sp³-hybridized carbons (Fsp3) is 0.395. The molecular formula is C38H39FN6O3. The van der Waals surface area contributed by atoms with Crippen molar-refractivity contribution in [2.24, 2.45) is 5.92 Å². The van der Waals surface area contributed by atoms with E-state index in [4.69, 9.17) is 9.72 Å². The van der Waals surface area contributed by atoms with Crippen LogP contribution in [0.5, 0.6) is 11.6 Å². The topological polar surface area (TPSA) is 107 Å². The third-order valence-corrected chi connectivity index (χ3v) is 10.6. The number of likely N-dealkylation sites (N-methyl/N-ethyl adjacent to an activating group) is 1. The van der Waals surface area contributed by atoms with Crippen LogP contribution in [0, 0.1) is 23.1 Å². The molecule has 2 aromatic heterocycles. The number of aryl methyl sites for hydroxylation is 1. The van der Waals surface area contributed by atoms with E-state index >= 15 is 4.39 Å². The third kappa shape index (κ3) is 4.87. The standard InChI is InChI=1S/C38H39FN6O3/c1-3-43-12-13-44(32(47)21-43)20-25-17-30-37(45(25)36-24-16-31(36)41-19-24)29-15-23(9-7-11-40)33(34(39)35(29)42-38(30)48-4-2)28-18-26(46)14-22-8-5-6-10-27(22)28/h5-6,8,10,14-15,17-18,24,31,36,41,46H,3-4,7,9,12-13,16,19-21H2,1-2H3/t24-,31-,36+/m1/s1. The zero-order chi connectivity index (χ0) is 33.1. The Kier molecular flexibility index (Phi) is 7.69. The van der Waals surface area contributed by atoms with Crippen LogP contribution in [0.4, 0.5) is 4.39 Å². The van der Waals surface area contributed by atoms with E-state index in [1.165, 1.54) is 0 Å². The van der Waals surface area contributed by atoms with E-state index in [0.717, 1.165) is 53.4 Å². The highest BCUT2D eigenvalue weighted by atomic mass is 19.1. The molecule has 9 nitrogen and oxygen atoms in total. The number of carbonyl (C=O) groups is 1. The number of carbonyl (C=O) groups excluding carboxylic acids is 1. The first-order valence-corrected chi connectivity index (χ1v) is 17.0. The largest absolute Gasteiger partial charge is 0.508 e. The second kappa shape index (κ2) is 12.1. The normalized spacial score (nSPS) is 20.9. The van der Waals surface area contributed by atoms with Gasteiger partial charge in [-0.15, -0.1) is 0 Å². The SMILES string of the molecule is CCOc1nc2c(F)c(-c3cc(O)cc4ccccc34)c(CCC#N)cc2c2c1cc(CN1CCN(CC)CC1=O)n2[C@H]1[C@H]2CN[C@@H]1C2. The molecule has 4 aliphatic rings. The molecule has 1 saturated carbocycles. The summed E-state index contributed by atoms with van der Waals surface area (Å²) >= 11 is 0. The monoisotopic (exact) mass is 646 g/mol. The highest BCUT2D eigenvalue weighted by molar-refractivity contribution is 6.10. The van der Waals surface area contributed by atoms with E-state index in [2.05, 4.69) is 33.8 Å². The second-order valence-corrected chi connectivity index (χ2v) is 13.3. The number of aromatic nitrogens is 2. The Labute approximate surface area is 278 Å². The molecule has 3 atom stereocenters. The molecule has 1 aliphatic carbocycles. The number of hydrogen-bond acceptors (Lipinski definition) is 7. The van der Waals surface area contributed by atoms with E-state index in [-0.39, 0.29) is 35.7 Å². The number of aromatic hydroxyl groups is 1. The molecule has 48 heavy (non-hydrogen) atoms. The van der Waals surface area contributed by atoms with E-state index in [0.29, 0.717) is 66.5 Å². The Morgan fingerprint density at radius 1 is 1.12 bits per heavy atom. The molecule has 2 bridgehead atoms. The number of hydrogen-bond donors (Lipinski definition) is 2. The van der Waals surface area contributed by atoms with E-state index in [1.807, 2.05) is 42.2 Å². The Balaban J connectivity index is 1.40. The average molecular weight is 647 g/mol. The Hall–Kier alpha value is -4.72. The van der Waals surface area contributed by atoms with Crippen LogP contribution in [0.1, 0.15) is 44.0 Å². The van der Waals surface area contributed by atoms with Crippen molar-refractivity contribution in [2.75, 3.05) is 39.3 Å². The maximum atomic E-state index is 17.4. The van der Waals surface area contributed by atoms with Crippen LogP contribution < -0.4 is 10.1 Å². The minimum atomic E-state index is -0.506. The van der Waals surface area contributed by atoms with Crippen LogP contribution >= 0.6 is 0 Å². The molecule has 4 fully saturated rings.